The number of ether oxygens (including phenoxy) is 1. The Labute approximate surface area is 243 Å². The topological polar surface area (TPSA) is 63.6 Å². The predicted molar refractivity (Wildman–Crippen MR) is 167 cm³/mol. The number of carboxylic acids is 1. The number of esters is 1. The van der Waals surface area contributed by atoms with Gasteiger partial charge in [-0.3, -0.25) is 9.59 Å². The van der Waals surface area contributed by atoms with Gasteiger partial charge in [0.25, 0.3) is 0 Å². The molecule has 0 aliphatic carbocycles. The van der Waals surface area contributed by atoms with Crippen molar-refractivity contribution in [1.29, 1.82) is 0 Å². The molecule has 4 heteroatoms. The van der Waals surface area contributed by atoms with Gasteiger partial charge in [-0.05, 0) is 12.8 Å². The summed E-state index contributed by atoms with van der Waals surface area (Å²) in [6.45, 7) is 0. The Balaban J connectivity index is 3.05. The molecule has 39 heavy (non-hydrogen) atoms. The number of unbranched alkanes of at least 4 members (excludes halogenated alkanes) is 29. The van der Waals surface area contributed by atoms with Gasteiger partial charge in [0, 0.05) is 12.8 Å². The van der Waals surface area contributed by atoms with Crippen LogP contribution >= 0.6 is 0 Å². The first kappa shape index (κ1) is 37.9. The summed E-state index contributed by atoms with van der Waals surface area (Å²) in [5.41, 5.74) is 0. The Hall–Kier alpha value is -1.06. The van der Waals surface area contributed by atoms with E-state index in [0.29, 0.717) is 12.8 Å². The van der Waals surface area contributed by atoms with Crippen LogP contribution in [0.1, 0.15) is 205 Å². The maximum absolute atomic E-state index is 11.1. The molecule has 0 aromatic heterocycles. The lowest BCUT2D eigenvalue weighted by molar-refractivity contribution is -0.141. The van der Waals surface area contributed by atoms with E-state index in [1.807, 2.05) is 0 Å². The minimum absolute atomic E-state index is 0.0674. The van der Waals surface area contributed by atoms with Gasteiger partial charge in [0.1, 0.15) is 0 Å². The molecule has 0 heterocycles. The van der Waals surface area contributed by atoms with Crippen LogP contribution in [0.5, 0.6) is 0 Å². The number of methoxy groups -OCH3 is 1. The van der Waals surface area contributed by atoms with Gasteiger partial charge in [-0.25, -0.2) is 0 Å². The molecule has 0 amide bonds. The number of rotatable bonds is 33. The third kappa shape index (κ3) is 34.9. The Morgan fingerprint density at radius 3 is 0.718 bits per heavy atom. The van der Waals surface area contributed by atoms with Crippen molar-refractivity contribution >= 4 is 11.9 Å². The van der Waals surface area contributed by atoms with Crippen molar-refractivity contribution in [2.45, 2.75) is 205 Å². The molecule has 4 nitrogen and oxygen atoms in total. The normalized spacial score (nSPS) is 11.2. The van der Waals surface area contributed by atoms with E-state index in [1.165, 1.54) is 180 Å². The van der Waals surface area contributed by atoms with Crippen molar-refractivity contribution < 1.29 is 19.4 Å². The van der Waals surface area contributed by atoms with Crippen LogP contribution in [0.2, 0.25) is 0 Å². The highest BCUT2D eigenvalue weighted by molar-refractivity contribution is 5.69. The second kappa shape index (κ2) is 33.1. The summed E-state index contributed by atoms with van der Waals surface area (Å²) in [7, 11) is 1.47. The standard InChI is InChI=1S/C35H68O4/c1-39-35(38)33-31-29-27-25-23-21-19-17-15-13-11-9-7-5-3-2-4-6-8-10-12-14-16-18-20-22-24-26-28-30-32-34(36)37/h2-33H2,1H3,(H,36,37). The van der Waals surface area contributed by atoms with Crippen LogP contribution in [0.15, 0.2) is 0 Å². The molecule has 0 saturated heterocycles. The van der Waals surface area contributed by atoms with Crippen LogP contribution in [0.3, 0.4) is 0 Å². The van der Waals surface area contributed by atoms with Gasteiger partial charge in [0.05, 0.1) is 7.11 Å². The molecule has 0 rings (SSSR count). The number of carbonyl (C=O) groups excluding carboxylic acids is 1. The maximum atomic E-state index is 11.1. The molecule has 1 N–H and O–H groups in total. The zero-order chi connectivity index (χ0) is 28.5. The molecule has 0 unspecified atom stereocenters. The number of hydrogen-bond donors (Lipinski definition) is 1. The van der Waals surface area contributed by atoms with E-state index in [-0.39, 0.29) is 5.97 Å². The van der Waals surface area contributed by atoms with Gasteiger partial charge in [0.15, 0.2) is 0 Å². The van der Waals surface area contributed by atoms with E-state index < -0.39 is 5.97 Å². The first-order valence-corrected chi connectivity index (χ1v) is 17.5. The molecule has 0 atom stereocenters. The molecule has 232 valence electrons. The average molecular weight is 553 g/mol. The Morgan fingerprint density at radius 2 is 0.538 bits per heavy atom. The Bertz CT molecular complexity index is 505. The van der Waals surface area contributed by atoms with Crippen molar-refractivity contribution in [2.75, 3.05) is 7.11 Å². The summed E-state index contributed by atoms with van der Waals surface area (Å²) in [5, 5.41) is 8.63. The average Bonchev–Trinajstić information content (AvgIpc) is 2.93. The molecule has 0 aromatic rings. The minimum atomic E-state index is -0.654. The summed E-state index contributed by atoms with van der Waals surface area (Å²) in [6, 6.07) is 0. The summed E-state index contributed by atoms with van der Waals surface area (Å²) >= 11 is 0. The first-order valence-electron chi connectivity index (χ1n) is 17.5. The van der Waals surface area contributed by atoms with Gasteiger partial charge < -0.3 is 9.84 Å². The van der Waals surface area contributed by atoms with E-state index in [9.17, 15) is 9.59 Å². The first-order chi connectivity index (χ1) is 19.2. The van der Waals surface area contributed by atoms with Crippen LogP contribution in [0.25, 0.3) is 0 Å². The number of carbonyl (C=O) groups is 2. The summed E-state index contributed by atoms with van der Waals surface area (Å²) in [4.78, 5) is 21.5. The van der Waals surface area contributed by atoms with Crippen molar-refractivity contribution in [3.63, 3.8) is 0 Å². The Kier molecular flexibility index (Phi) is 32.2. The number of aliphatic carboxylic acids is 1. The van der Waals surface area contributed by atoms with Crippen LogP contribution in [-0.4, -0.2) is 24.2 Å². The van der Waals surface area contributed by atoms with Crippen LogP contribution < -0.4 is 0 Å². The van der Waals surface area contributed by atoms with Gasteiger partial charge in [-0.15, -0.1) is 0 Å². The number of carboxylic acid groups (broad SMARTS) is 1. The summed E-state index contributed by atoms with van der Waals surface area (Å²) in [5.74, 6) is -0.721. The lowest BCUT2D eigenvalue weighted by atomic mass is 10.0. The van der Waals surface area contributed by atoms with Gasteiger partial charge >= 0.3 is 11.9 Å². The molecular formula is C35H68O4. The molecule has 0 aliphatic heterocycles. The van der Waals surface area contributed by atoms with Crippen molar-refractivity contribution in [1.82, 2.24) is 0 Å². The fraction of sp³-hybridized carbons (Fsp3) is 0.943. The fourth-order valence-electron chi connectivity index (χ4n) is 5.60. The number of hydrogen-bond acceptors (Lipinski definition) is 3. The molecule has 0 aromatic carbocycles. The zero-order valence-corrected chi connectivity index (χ0v) is 26.3. The third-order valence-electron chi connectivity index (χ3n) is 8.25. The minimum Gasteiger partial charge on any atom is -0.481 e. The highest BCUT2D eigenvalue weighted by atomic mass is 16.5. The van der Waals surface area contributed by atoms with Gasteiger partial charge in [0.2, 0.25) is 0 Å². The quantitative estimate of drug-likeness (QED) is 0.0649. The van der Waals surface area contributed by atoms with E-state index in [2.05, 4.69) is 4.74 Å². The molecular weight excluding hydrogens is 484 g/mol. The van der Waals surface area contributed by atoms with E-state index in [1.54, 1.807) is 0 Å². The third-order valence-corrected chi connectivity index (χ3v) is 8.25. The maximum Gasteiger partial charge on any atom is 0.305 e. The molecule has 0 bridgehead atoms. The van der Waals surface area contributed by atoms with E-state index >= 15 is 0 Å². The zero-order valence-electron chi connectivity index (χ0n) is 26.3. The van der Waals surface area contributed by atoms with Crippen LogP contribution in [-0.2, 0) is 14.3 Å². The van der Waals surface area contributed by atoms with E-state index in [4.69, 9.17) is 5.11 Å². The van der Waals surface area contributed by atoms with Crippen molar-refractivity contribution in [2.24, 2.45) is 0 Å². The van der Waals surface area contributed by atoms with Crippen LogP contribution in [0.4, 0.5) is 0 Å². The molecule has 0 saturated carbocycles. The Morgan fingerprint density at radius 1 is 0.359 bits per heavy atom. The van der Waals surface area contributed by atoms with Crippen molar-refractivity contribution in [3.05, 3.63) is 0 Å². The summed E-state index contributed by atoms with van der Waals surface area (Å²) in [6.07, 6.45) is 41.3. The molecule has 0 radical (unpaired) electrons. The fourth-order valence-corrected chi connectivity index (χ4v) is 5.60. The second-order valence-electron chi connectivity index (χ2n) is 12.1. The van der Waals surface area contributed by atoms with Gasteiger partial charge in [-0.1, -0.05) is 180 Å². The smallest absolute Gasteiger partial charge is 0.305 e. The molecule has 0 fully saturated rings. The van der Waals surface area contributed by atoms with Gasteiger partial charge in [-0.2, -0.15) is 0 Å². The SMILES string of the molecule is COC(=O)CCCCCCCCCCCCCCCCCCCCCCCCCCCCCCCCC(=O)O. The predicted octanol–water partition coefficient (Wildman–Crippen LogP) is 11.7. The largest absolute Gasteiger partial charge is 0.481 e. The lowest BCUT2D eigenvalue weighted by Crippen LogP contribution is -1.99. The highest BCUT2D eigenvalue weighted by Gasteiger charge is 2.00. The molecule has 0 spiro atoms. The monoisotopic (exact) mass is 553 g/mol. The van der Waals surface area contributed by atoms with E-state index in [0.717, 1.165) is 19.3 Å². The second-order valence-corrected chi connectivity index (χ2v) is 12.1. The van der Waals surface area contributed by atoms with Crippen molar-refractivity contribution in [3.8, 4) is 0 Å². The lowest BCUT2D eigenvalue weighted by Gasteiger charge is -2.05. The van der Waals surface area contributed by atoms with Crippen LogP contribution in [0, 0.1) is 0 Å². The molecule has 0 aliphatic rings. The highest BCUT2D eigenvalue weighted by Crippen LogP contribution is 2.16. The summed E-state index contributed by atoms with van der Waals surface area (Å²) < 4.78 is 4.67.